The van der Waals surface area contributed by atoms with Crippen molar-refractivity contribution < 1.29 is 9.90 Å². The molecule has 0 aromatic carbocycles. The molecule has 1 fully saturated rings. The van der Waals surface area contributed by atoms with E-state index in [9.17, 15) is 4.79 Å². The summed E-state index contributed by atoms with van der Waals surface area (Å²) in [7, 11) is 2.26. The van der Waals surface area contributed by atoms with E-state index >= 15 is 0 Å². The number of hydrogen-bond donors (Lipinski definition) is 2. The lowest BCUT2D eigenvalue weighted by Crippen LogP contribution is -2.21. The lowest BCUT2D eigenvalue weighted by Gasteiger charge is -2.14. The molecular weight excluding hydrogens is 280 g/mol. The summed E-state index contributed by atoms with van der Waals surface area (Å²) in [5, 5.41) is 8.68. The van der Waals surface area contributed by atoms with E-state index in [4.69, 9.17) is 5.11 Å². The van der Waals surface area contributed by atoms with E-state index in [0.717, 1.165) is 6.04 Å². The zero-order chi connectivity index (χ0) is 15.9. The zero-order valence-electron chi connectivity index (χ0n) is 13.2. The summed E-state index contributed by atoms with van der Waals surface area (Å²) in [5.74, 6) is -0.573. The third kappa shape index (κ3) is 4.53. The van der Waals surface area contributed by atoms with Gasteiger partial charge in [0.2, 0.25) is 0 Å². The molecule has 3 aliphatic rings. The van der Waals surface area contributed by atoms with E-state index in [2.05, 4.69) is 33.8 Å². The number of carboxylic acids is 1. The Balaban J connectivity index is 0.000000164. The maximum atomic E-state index is 10.6. The Hall–Kier alpha value is -1.95. The van der Waals surface area contributed by atoms with Gasteiger partial charge in [0, 0.05) is 24.6 Å². The smallest absolute Gasteiger partial charge is 0.339 e. The minimum Gasteiger partial charge on any atom is -0.478 e. The normalized spacial score (nSPS) is 14.0. The minimum atomic E-state index is -0.998. The fraction of sp³-hybridized carbons (Fsp3) is 0.562. The third-order valence-corrected chi connectivity index (χ3v) is 3.82. The van der Waals surface area contributed by atoms with E-state index in [-0.39, 0.29) is 5.56 Å². The standard InChI is InChI=1S/C9H19N.C7H5N3O2/c1-3-4-5-8-10(2)9-6-7-9;11-7(12)4-3-10-6-5(4)8-1-2-9-6/h9H,3-8H2,1-2H3;1-3,8H,(H,11,12). The Morgan fingerprint density at radius 1 is 1.41 bits per heavy atom. The highest BCUT2D eigenvalue weighted by Gasteiger charge is 2.25. The van der Waals surface area contributed by atoms with Gasteiger partial charge in [0.1, 0.15) is 5.56 Å². The number of H-pyrrole nitrogens is 1. The van der Waals surface area contributed by atoms with Crippen molar-refractivity contribution in [1.82, 2.24) is 19.9 Å². The highest BCUT2D eigenvalue weighted by molar-refractivity contribution is 5.94. The number of nitrogens with zero attached hydrogens (tertiary/aromatic N) is 3. The minimum absolute atomic E-state index is 0.151. The molecule has 0 atom stereocenters. The summed E-state index contributed by atoms with van der Waals surface area (Å²) in [6.07, 6.45) is 11.4. The van der Waals surface area contributed by atoms with Gasteiger partial charge < -0.3 is 15.0 Å². The van der Waals surface area contributed by atoms with Gasteiger partial charge in [0.05, 0.1) is 5.69 Å². The van der Waals surface area contributed by atoms with Crippen molar-refractivity contribution >= 4 is 5.97 Å². The molecule has 2 heterocycles. The zero-order valence-corrected chi connectivity index (χ0v) is 13.2. The molecule has 1 aliphatic carbocycles. The van der Waals surface area contributed by atoms with Crippen LogP contribution < -0.4 is 0 Å². The molecule has 0 aromatic heterocycles. The monoisotopic (exact) mass is 304 g/mol. The van der Waals surface area contributed by atoms with Crippen LogP contribution in [-0.4, -0.2) is 50.6 Å². The summed E-state index contributed by atoms with van der Waals surface area (Å²) in [6, 6.07) is 0.955. The Bertz CT molecular complexity index is 565. The van der Waals surface area contributed by atoms with E-state index in [1.54, 1.807) is 6.20 Å². The van der Waals surface area contributed by atoms with E-state index in [1.807, 2.05) is 0 Å². The number of carbonyl (C=O) groups is 1. The van der Waals surface area contributed by atoms with Gasteiger partial charge in [-0.05, 0) is 32.9 Å². The second-order valence-corrected chi connectivity index (χ2v) is 5.68. The molecule has 120 valence electrons. The summed E-state index contributed by atoms with van der Waals surface area (Å²) >= 11 is 0. The molecule has 22 heavy (non-hydrogen) atoms. The molecule has 2 N–H and O–H groups in total. The third-order valence-electron chi connectivity index (χ3n) is 3.82. The van der Waals surface area contributed by atoms with Gasteiger partial charge in [-0.2, -0.15) is 0 Å². The van der Waals surface area contributed by atoms with Crippen LogP contribution in [0.3, 0.4) is 0 Å². The van der Waals surface area contributed by atoms with E-state index < -0.39 is 5.97 Å². The average Bonchev–Trinajstić information content (AvgIpc) is 3.27. The summed E-state index contributed by atoms with van der Waals surface area (Å²) in [5.41, 5.74) is 0.614. The first kappa shape index (κ1) is 16.4. The Labute approximate surface area is 130 Å². The lowest BCUT2D eigenvalue weighted by atomic mass is 10.2. The van der Waals surface area contributed by atoms with Crippen molar-refractivity contribution in [2.24, 2.45) is 0 Å². The van der Waals surface area contributed by atoms with Crippen LogP contribution in [0.4, 0.5) is 0 Å². The van der Waals surface area contributed by atoms with Crippen molar-refractivity contribution in [1.29, 1.82) is 0 Å². The van der Waals surface area contributed by atoms with Gasteiger partial charge in [-0.25, -0.2) is 14.8 Å². The molecule has 0 bridgehead atoms. The van der Waals surface area contributed by atoms with Crippen LogP contribution in [0.15, 0.2) is 18.6 Å². The van der Waals surface area contributed by atoms with Gasteiger partial charge in [-0.3, -0.25) is 0 Å². The van der Waals surface area contributed by atoms with Crippen LogP contribution in [0.1, 0.15) is 49.4 Å². The molecular formula is C16H24N4O2. The molecule has 6 heteroatoms. The number of aromatic nitrogens is 3. The molecule has 0 radical (unpaired) electrons. The molecule has 0 aromatic rings. The molecule has 3 rings (SSSR count). The average molecular weight is 304 g/mol. The number of aromatic amines is 1. The fourth-order valence-electron chi connectivity index (χ4n) is 2.32. The van der Waals surface area contributed by atoms with Crippen LogP contribution in [0.25, 0.3) is 11.5 Å². The van der Waals surface area contributed by atoms with Crippen LogP contribution in [0, 0.1) is 0 Å². The first-order chi connectivity index (χ1) is 10.6. The van der Waals surface area contributed by atoms with Crippen molar-refractivity contribution in [3.05, 3.63) is 24.2 Å². The van der Waals surface area contributed by atoms with Crippen molar-refractivity contribution in [2.75, 3.05) is 13.6 Å². The van der Waals surface area contributed by atoms with Crippen LogP contribution in [0.5, 0.6) is 0 Å². The molecule has 0 unspecified atom stereocenters. The van der Waals surface area contributed by atoms with Crippen molar-refractivity contribution in [3.63, 3.8) is 0 Å². The molecule has 0 saturated heterocycles. The van der Waals surface area contributed by atoms with Gasteiger partial charge in [-0.15, -0.1) is 0 Å². The van der Waals surface area contributed by atoms with Crippen LogP contribution in [-0.2, 0) is 0 Å². The first-order valence-corrected chi connectivity index (χ1v) is 7.85. The Morgan fingerprint density at radius 3 is 2.82 bits per heavy atom. The van der Waals surface area contributed by atoms with Gasteiger partial charge >= 0.3 is 5.97 Å². The maximum absolute atomic E-state index is 10.6. The van der Waals surface area contributed by atoms with Crippen molar-refractivity contribution in [3.8, 4) is 11.5 Å². The highest BCUT2D eigenvalue weighted by atomic mass is 16.4. The number of carboxylic acid groups (broad SMARTS) is 1. The summed E-state index contributed by atoms with van der Waals surface area (Å²) in [4.78, 5) is 23.6. The number of fused-ring (bicyclic) bond motifs is 1. The second kappa shape index (κ2) is 7.89. The van der Waals surface area contributed by atoms with Crippen LogP contribution >= 0.6 is 0 Å². The van der Waals surface area contributed by atoms with Crippen LogP contribution in [0.2, 0.25) is 0 Å². The predicted molar refractivity (Wildman–Crippen MR) is 85.1 cm³/mol. The number of rotatable bonds is 6. The Kier molecular flexibility index (Phi) is 5.89. The SMILES string of the molecule is CCCCCN(C)C1CC1.O=C(O)c1cnc2ncc[nH]c1-2. The predicted octanol–water partition coefficient (Wildman–Crippen LogP) is 2.88. The summed E-state index contributed by atoms with van der Waals surface area (Å²) < 4.78 is 0. The highest BCUT2D eigenvalue weighted by Crippen LogP contribution is 2.25. The molecule has 0 amide bonds. The second-order valence-electron chi connectivity index (χ2n) is 5.68. The molecule has 2 aliphatic heterocycles. The van der Waals surface area contributed by atoms with Gasteiger partial charge in [0.25, 0.3) is 0 Å². The quantitative estimate of drug-likeness (QED) is 0.802. The Morgan fingerprint density at radius 2 is 2.18 bits per heavy atom. The number of nitrogens with one attached hydrogen (secondary N) is 1. The number of unbranched alkanes of at least 4 members (excludes halogenated alkanes) is 2. The first-order valence-electron chi connectivity index (χ1n) is 7.85. The van der Waals surface area contributed by atoms with Gasteiger partial charge in [-0.1, -0.05) is 19.8 Å². The maximum Gasteiger partial charge on any atom is 0.339 e. The number of hydrogen-bond acceptors (Lipinski definition) is 4. The molecule has 6 nitrogen and oxygen atoms in total. The lowest BCUT2D eigenvalue weighted by molar-refractivity contribution is 0.0697. The van der Waals surface area contributed by atoms with Crippen molar-refractivity contribution in [2.45, 2.75) is 45.1 Å². The topological polar surface area (TPSA) is 82.1 Å². The fourth-order valence-corrected chi connectivity index (χ4v) is 2.32. The van der Waals surface area contributed by atoms with Gasteiger partial charge in [0.15, 0.2) is 5.82 Å². The number of aromatic carboxylic acids is 1. The molecule has 1 saturated carbocycles. The summed E-state index contributed by atoms with van der Waals surface area (Å²) in [6.45, 7) is 3.58. The largest absolute Gasteiger partial charge is 0.478 e. The molecule has 0 spiro atoms. The van der Waals surface area contributed by atoms with E-state index in [1.165, 1.54) is 51.0 Å². The van der Waals surface area contributed by atoms with E-state index in [0.29, 0.717) is 11.5 Å².